The number of benzene rings is 1. The third-order valence-electron chi connectivity index (χ3n) is 3.88. The van der Waals surface area contributed by atoms with Gasteiger partial charge in [-0.15, -0.1) is 10.2 Å². The lowest BCUT2D eigenvalue weighted by Crippen LogP contribution is -1.96. The van der Waals surface area contributed by atoms with Crippen LogP contribution in [0.5, 0.6) is 5.75 Å². The summed E-state index contributed by atoms with van der Waals surface area (Å²) in [6.45, 7) is 2.01. The second-order valence-corrected chi connectivity index (χ2v) is 6.40. The van der Waals surface area contributed by atoms with Crippen LogP contribution in [0.2, 0.25) is 0 Å². The van der Waals surface area contributed by atoms with Gasteiger partial charge in [0.1, 0.15) is 18.1 Å². The average Bonchev–Trinajstić information content (AvgIpc) is 3.04. The number of methoxy groups -OCH3 is 1. The molecule has 26 heavy (non-hydrogen) atoms. The predicted molar refractivity (Wildman–Crippen MR) is 94.6 cm³/mol. The maximum atomic E-state index is 10.7. The van der Waals surface area contributed by atoms with E-state index in [9.17, 15) is 10.1 Å². The molecule has 0 saturated carbocycles. The van der Waals surface area contributed by atoms with Crippen LogP contribution in [0.1, 0.15) is 5.56 Å². The van der Waals surface area contributed by atoms with E-state index in [-0.39, 0.29) is 5.69 Å². The van der Waals surface area contributed by atoms with Crippen molar-refractivity contribution in [3.05, 3.63) is 52.3 Å². The molecule has 3 heterocycles. The molecule has 0 bridgehead atoms. The summed E-state index contributed by atoms with van der Waals surface area (Å²) in [6.07, 6.45) is 2.34. The molecule has 1 aromatic carbocycles. The van der Waals surface area contributed by atoms with Crippen molar-refractivity contribution in [2.24, 2.45) is 0 Å². The molecular weight excluding hydrogens is 356 g/mol. The first-order valence-corrected chi connectivity index (χ1v) is 8.35. The molecule has 0 aliphatic heterocycles. The Bertz CT molecular complexity index is 1140. The van der Waals surface area contributed by atoms with Crippen molar-refractivity contribution in [2.75, 3.05) is 7.11 Å². The van der Waals surface area contributed by atoms with Crippen molar-refractivity contribution in [1.29, 1.82) is 0 Å². The Kier molecular flexibility index (Phi) is 3.88. The predicted octanol–water partition coefficient (Wildman–Crippen LogP) is 3.05. The van der Waals surface area contributed by atoms with Crippen molar-refractivity contribution in [1.82, 2.24) is 24.6 Å². The number of aryl methyl sites for hydroxylation is 1. The summed E-state index contributed by atoms with van der Waals surface area (Å²) in [6, 6.07) is 7.75. The lowest BCUT2D eigenvalue weighted by Gasteiger charge is -2.09. The summed E-state index contributed by atoms with van der Waals surface area (Å²) in [5.41, 5.74) is 2.50. The number of hydrogen-bond donors (Lipinski definition) is 0. The van der Waals surface area contributed by atoms with Crippen LogP contribution in [0.4, 0.5) is 5.69 Å². The zero-order chi connectivity index (χ0) is 18.3. The molecule has 9 nitrogen and oxygen atoms in total. The first kappa shape index (κ1) is 16.2. The van der Waals surface area contributed by atoms with E-state index in [0.29, 0.717) is 16.0 Å². The number of aromatic nitrogens is 5. The van der Waals surface area contributed by atoms with E-state index in [1.165, 1.54) is 24.2 Å². The third-order valence-corrected chi connectivity index (χ3v) is 4.72. The summed E-state index contributed by atoms with van der Waals surface area (Å²) >= 11 is 1.18. The van der Waals surface area contributed by atoms with Gasteiger partial charge in [0.2, 0.25) is 5.16 Å². The Morgan fingerprint density at radius 1 is 1.19 bits per heavy atom. The van der Waals surface area contributed by atoms with Crippen molar-refractivity contribution in [3.63, 3.8) is 0 Å². The van der Waals surface area contributed by atoms with E-state index in [1.54, 1.807) is 7.11 Å². The fourth-order valence-corrected chi connectivity index (χ4v) is 3.37. The highest BCUT2D eigenvalue weighted by molar-refractivity contribution is 7.99. The molecule has 0 atom stereocenters. The van der Waals surface area contributed by atoms with Crippen LogP contribution in [0.15, 0.2) is 47.0 Å². The van der Waals surface area contributed by atoms with Crippen molar-refractivity contribution < 1.29 is 9.66 Å². The molecule has 3 aromatic heterocycles. The fourth-order valence-electron chi connectivity index (χ4n) is 2.63. The number of pyridine rings is 1. The first-order valence-electron chi connectivity index (χ1n) is 7.53. The van der Waals surface area contributed by atoms with Crippen molar-refractivity contribution >= 4 is 34.0 Å². The normalized spacial score (nSPS) is 11.2. The molecule has 4 aromatic rings. The molecule has 0 aliphatic rings. The van der Waals surface area contributed by atoms with Crippen molar-refractivity contribution in [2.45, 2.75) is 17.2 Å². The van der Waals surface area contributed by atoms with Gasteiger partial charge in [0, 0.05) is 11.5 Å². The smallest absolute Gasteiger partial charge is 0.305 e. The molecule has 10 heteroatoms. The molecule has 0 amide bonds. The molecule has 130 valence electrons. The summed E-state index contributed by atoms with van der Waals surface area (Å²) in [4.78, 5) is 18.2. The van der Waals surface area contributed by atoms with Gasteiger partial charge >= 0.3 is 5.69 Å². The van der Waals surface area contributed by atoms with Crippen LogP contribution >= 0.6 is 11.8 Å². The maximum Gasteiger partial charge on any atom is 0.305 e. The molecule has 0 N–H and O–H groups in total. The Balaban J connectivity index is 1.85. The third kappa shape index (κ3) is 2.69. The van der Waals surface area contributed by atoms with Gasteiger partial charge in [-0.05, 0) is 42.4 Å². The minimum atomic E-state index is -0.538. The lowest BCUT2D eigenvalue weighted by molar-refractivity contribution is -0.385. The molecule has 0 spiro atoms. The Labute approximate surface area is 151 Å². The quantitative estimate of drug-likeness (QED) is 0.307. The second kappa shape index (κ2) is 6.23. The van der Waals surface area contributed by atoms with Crippen molar-refractivity contribution in [3.8, 4) is 5.75 Å². The van der Waals surface area contributed by atoms with Crippen LogP contribution < -0.4 is 4.74 Å². The van der Waals surface area contributed by atoms with E-state index in [0.717, 1.165) is 22.2 Å². The van der Waals surface area contributed by atoms with Crippen LogP contribution in [0.25, 0.3) is 16.6 Å². The Hall–Kier alpha value is -3.27. The molecule has 4 rings (SSSR count). The summed E-state index contributed by atoms with van der Waals surface area (Å²) < 4.78 is 7.22. The van der Waals surface area contributed by atoms with Gasteiger partial charge < -0.3 is 4.74 Å². The number of nitrogens with zero attached hydrogens (tertiary/aromatic N) is 6. The molecule has 0 aliphatic carbocycles. The lowest BCUT2D eigenvalue weighted by atomic mass is 10.1. The van der Waals surface area contributed by atoms with E-state index in [4.69, 9.17) is 4.74 Å². The van der Waals surface area contributed by atoms with Gasteiger partial charge in [-0.1, -0.05) is 0 Å². The highest BCUT2D eigenvalue weighted by Crippen LogP contribution is 2.30. The van der Waals surface area contributed by atoms with Gasteiger partial charge in [0.15, 0.2) is 10.8 Å². The highest BCUT2D eigenvalue weighted by atomic mass is 32.2. The Morgan fingerprint density at radius 2 is 1.96 bits per heavy atom. The van der Waals surface area contributed by atoms with E-state index in [1.807, 2.05) is 35.6 Å². The van der Waals surface area contributed by atoms with E-state index >= 15 is 0 Å². The van der Waals surface area contributed by atoms with Crippen LogP contribution in [-0.4, -0.2) is 36.6 Å². The molecular formula is C16H12N6O3S. The van der Waals surface area contributed by atoms with Crippen LogP contribution in [-0.2, 0) is 0 Å². The summed E-state index contributed by atoms with van der Waals surface area (Å²) in [7, 11) is 1.61. The fraction of sp³-hybridized carbons (Fsp3) is 0.125. The molecule has 0 unspecified atom stereocenters. The monoisotopic (exact) mass is 368 g/mol. The number of hydrogen-bond acceptors (Lipinski definition) is 8. The number of fused-ring (bicyclic) bond motifs is 3. The largest absolute Gasteiger partial charge is 0.497 e. The van der Waals surface area contributed by atoms with Gasteiger partial charge in [-0.3, -0.25) is 14.5 Å². The Morgan fingerprint density at radius 3 is 2.65 bits per heavy atom. The van der Waals surface area contributed by atoms with E-state index in [2.05, 4.69) is 20.2 Å². The molecule has 0 fully saturated rings. The zero-order valence-electron chi connectivity index (χ0n) is 13.8. The first-order chi connectivity index (χ1) is 12.6. The molecule has 0 saturated heterocycles. The van der Waals surface area contributed by atoms with Gasteiger partial charge in [-0.25, -0.2) is 9.97 Å². The van der Waals surface area contributed by atoms with Gasteiger partial charge in [0.05, 0.1) is 17.5 Å². The molecule has 0 radical (unpaired) electrons. The zero-order valence-corrected chi connectivity index (χ0v) is 14.6. The number of rotatable bonds is 4. The highest BCUT2D eigenvalue weighted by Gasteiger charge is 2.15. The topological polar surface area (TPSA) is 108 Å². The average molecular weight is 368 g/mol. The maximum absolute atomic E-state index is 10.7. The minimum Gasteiger partial charge on any atom is -0.497 e. The van der Waals surface area contributed by atoms with Gasteiger partial charge in [-0.2, -0.15) is 0 Å². The van der Waals surface area contributed by atoms with E-state index < -0.39 is 4.92 Å². The van der Waals surface area contributed by atoms with Gasteiger partial charge in [0.25, 0.3) is 0 Å². The SMILES string of the molecule is COc1ccc2c(C)cc3nnc(Sc4ncc([N+](=O)[O-])cn4)n3c2c1. The second-order valence-electron chi connectivity index (χ2n) is 5.47. The summed E-state index contributed by atoms with van der Waals surface area (Å²) in [5, 5.41) is 21.1. The van der Waals surface area contributed by atoms with Crippen LogP contribution in [0, 0.1) is 17.0 Å². The number of nitro groups is 1. The number of ether oxygens (including phenoxy) is 1. The minimum absolute atomic E-state index is 0.161. The standard InChI is InChI=1S/C16H12N6O3S/c1-9-5-14-19-20-16(26-15-17-7-10(8-18-15)22(23)24)21(14)13-6-11(25-2)3-4-12(9)13/h3-8H,1-2H3. The summed E-state index contributed by atoms with van der Waals surface area (Å²) in [5.74, 6) is 0.723. The van der Waals surface area contributed by atoms with Crippen LogP contribution in [0.3, 0.4) is 0 Å².